The molecule has 1 aliphatic heterocycles. The van der Waals surface area contributed by atoms with Gasteiger partial charge in [-0.15, -0.1) is 0 Å². The summed E-state index contributed by atoms with van der Waals surface area (Å²) in [5.41, 5.74) is 2.83. The largest absolute Gasteiger partial charge is 0.463 e. The number of esters is 1. The third-order valence-electron chi connectivity index (χ3n) is 4.69. The molecule has 1 amide bonds. The van der Waals surface area contributed by atoms with Crippen LogP contribution in [0.5, 0.6) is 0 Å². The van der Waals surface area contributed by atoms with Gasteiger partial charge in [-0.25, -0.2) is 4.79 Å². The lowest BCUT2D eigenvalue weighted by atomic mass is 9.95. The maximum Gasteiger partial charge on any atom is 0.338 e. The van der Waals surface area contributed by atoms with Crippen molar-refractivity contribution in [3.8, 4) is 0 Å². The van der Waals surface area contributed by atoms with Crippen LogP contribution in [0.25, 0.3) is 0 Å². The summed E-state index contributed by atoms with van der Waals surface area (Å²) in [7, 11) is 1.81. The molecular weight excluding hydrogens is 350 g/mol. The molecule has 6 nitrogen and oxygen atoms in total. The van der Waals surface area contributed by atoms with Crippen LogP contribution in [-0.2, 0) is 14.3 Å². The van der Waals surface area contributed by atoms with Gasteiger partial charge in [-0.2, -0.15) is 0 Å². The van der Waals surface area contributed by atoms with Gasteiger partial charge in [0.2, 0.25) is 5.91 Å². The highest BCUT2D eigenvalue weighted by Gasteiger charge is 2.34. The molecule has 1 saturated carbocycles. The van der Waals surface area contributed by atoms with Crippen LogP contribution in [0.3, 0.4) is 0 Å². The fourth-order valence-electron chi connectivity index (χ4n) is 2.94. The summed E-state index contributed by atoms with van der Waals surface area (Å²) in [6.07, 6.45) is 1.90. The van der Waals surface area contributed by atoms with Gasteiger partial charge in [-0.1, -0.05) is 12.1 Å². The quantitative estimate of drug-likeness (QED) is 0.611. The Morgan fingerprint density at radius 2 is 2.12 bits per heavy atom. The molecule has 0 saturated heterocycles. The van der Waals surface area contributed by atoms with E-state index in [2.05, 4.69) is 10.6 Å². The zero-order chi connectivity index (χ0) is 18.8. The minimum Gasteiger partial charge on any atom is -0.463 e. The zero-order valence-electron chi connectivity index (χ0n) is 15.2. The van der Waals surface area contributed by atoms with E-state index in [4.69, 9.17) is 17.0 Å². The highest BCUT2D eigenvalue weighted by molar-refractivity contribution is 7.80. The molecular formula is C19H23N3O3S. The van der Waals surface area contributed by atoms with Gasteiger partial charge in [0.05, 0.1) is 18.2 Å². The van der Waals surface area contributed by atoms with E-state index in [1.807, 2.05) is 38.2 Å². The van der Waals surface area contributed by atoms with Crippen molar-refractivity contribution in [2.45, 2.75) is 32.7 Å². The van der Waals surface area contributed by atoms with E-state index in [1.165, 1.54) is 0 Å². The standard InChI is InChI=1S/C19H23N3O3S/c1-4-25-18(24)15-11(2)22(3)19(26)21-16(15)13-6-5-7-14(10-13)20-17(23)12-8-9-12/h5-7,10,12,16H,4,8-9H2,1-3H3,(H,20,23)(H,21,26). The average molecular weight is 373 g/mol. The van der Waals surface area contributed by atoms with Crippen molar-refractivity contribution in [1.29, 1.82) is 0 Å². The lowest BCUT2D eigenvalue weighted by Gasteiger charge is -2.35. The van der Waals surface area contributed by atoms with E-state index in [0.29, 0.717) is 23.0 Å². The maximum absolute atomic E-state index is 12.5. The number of carbonyl (C=O) groups is 2. The number of allylic oxidation sites excluding steroid dienone is 1. The molecule has 1 fully saturated rings. The maximum atomic E-state index is 12.5. The molecule has 1 heterocycles. The van der Waals surface area contributed by atoms with Crippen molar-refractivity contribution in [3.63, 3.8) is 0 Å². The van der Waals surface area contributed by atoms with Gasteiger partial charge in [0.1, 0.15) is 0 Å². The van der Waals surface area contributed by atoms with Crippen molar-refractivity contribution >= 4 is 34.9 Å². The topological polar surface area (TPSA) is 70.7 Å². The van der Waals surface area contributed by atoms with Crippen molar-refractivity contribution in [2.75, 3.05) is 19.0 Å². The minimum atomic E-state index is -0.421. The molecule has 1 aliphatic carbocycles. The summed E-state index contributed by atoms with van der Waals surface area (Å²) < 4.78 is 5.25. The monoisotopic (exact) mass is 373 g/mol. The number of hydrogen-bond donors (Lipinski definition) is 2. The molecule has 2 aliphatic rings. The minimum absolute atomic E-state index is 0.0475. The summed E-state index contributed by atoms with van der Waals surface area (Å²) >= 11 is 5.39. The normalized spacial score (nSPS) is 19.9. The molecule has 1 aromatic carbocycles. The number of thiocarbonyl (C=S) groups is 1. The number of nitrogens with one attached hydrogen (secondary N) is 2. The van der Waals surface area contributed by atoms with Crippen LogP contribution in [0.1, 0.15) is 38.3 Å². The van der Waals surface area contributed by atoms with Gasteiger partial charge >= 0.3 is 5.97 Å². The van der Waals surface area contributed by atoms with Crippen LogP contribution in [0, 0.1) is 5.92 Å². The van der Waals surface area contributed by atoms with Crippen molar-refractivity contribution < 1.29 is 14.3 Å². The van der Waals surface area contributed by atoms with E-state index >= 15 is 0 Å². The van der Waals surface area contributed by atoms with Gasteiger partial charge in [0.15, 0.2) is 5.11 Å². The Bertz CT molecular complexity index is 786. The van der Waals surface area contributed by atoms with E-state index in [9.17, 15) is 9.59 Å². The number of ether oxygens (including phenoxy) is 1. The van der Waals surface area contributed by atoms with Crippen LogP contribution in [0.2, 0.25) is 0 Å². The summed E-state index contributed by atoms with van der Waals surface area (Å²) in [5.74, 6) is -0.194. The predicted octanol–water partition coefficient (Wildman–Crippen LogP) is 2.73. The van der Waals surface area contributed by atoms with Crippen LogP contribution >= 0.6 is 12.2 Å². The van der Waals surface area contributed by atoms with E-state index in [1.54, 1.807) is 11.8 Å². The Labute approximate surface area is 158 Å². The number of nitrogens with zero attached hydrogens (tertiary/aromatic N) is 1. The summed E-state index contributed by atoms with van der Waals surface area (Å²) in [6.45, 7) is 3.93. The number of benzene rings is 1. The smallest absolute Gasteiger partial charge is 0.338 e. The molecule has 138 valence electrons. The molecule has 7 heteroatoms. The zero-order valence-corrected chi connectivity index (χ0v) is 16.0. The Hall–Kier alpha value is -2.41. The number of rotatable bonds is 5. The van der Waals surface area contributed by atoms with Gasteiger partial charge in [-0.05, 0) is 56.6 Å². The predicted molar refractivity (Wildman–Crippen MR) is 103 cm³/mol. The van der Waals surface area contributed by atoms with Gasteiger partial charge in [-0.3, -0.25) is 4.79 Å². The first-order valence-corrected chi connectivity index (χ1v) is 9.16. The molecule has 1 unspecified atom stereocenters. The first kappa shape index (κ1) is 18.4. The van der Waals surface area contributed by atoms with Crippen LogP contribution in [0.4, 0.5) is 5.69 Å². The summed E-state index contributed by atoms with van der Waals surface area (Å²) in [4.78, 5) is 26.3. The summed E-state index contributed by atoms with van der Waals surface area (Å²) in [6, 6.07) is 7.07. The molecule has 0 aromatic heterocycles. The van der Waals surface area contributed by atoms with E-state index in [0.717, 1.165) is 24.1 Å². The molecule has 2 N–H and O–H groups in total. The lowest BCUT2D eigenvalue weighted by molar-refractivity contribution is -0.139. The Morgan fingerprint density at radius 3 is 2.77 bits per heavy atom. The molecule has 1 atom stereocenters. The molecule has 0 bridgehead atoms. The Kier molecular flexibility index (Phi) is 5.27. The first-order chi connectivity index (χ1) is 12.4. The molecule has 0 radical (unpaired) electrons. The van der Waals surface area contributed by atoms with Crippen LogP contribution in [0.15, 0.2) is 35.5 Å². The first-order valence-electron chi connectivity index (χ1n) is 8.75. The number of carbonyl (C=O) groups excluding carboxylic acids is 2. The van der Waals surface area contributed by atoms with E-state index in [-0.39, 0.29) is 17.8 Å². The van der Waals surface area contributed by atoms with Crippen molar-refractivity contribution in [3.05, 3.63) is 41.1 Å². The fourth-order valence-corrected chi connectivity index (χ4v) is 3.20. The average Bonchev–Trinajstić information content (AvgIpc) is 3.45. The molecule has 1 aromatic rings. The SMILES string of the molecule is CCOC(=O)C1=C(C)N(C)C(=S)NC1c1cccc(NC(=O)C2CC2)c1. The third-order valence-corrected chi connectivity index (χ3v) is 5.08. The third kappa shape index (κ3) is 3.72. The lowest BCUT2D eigenvalue weighted by Crippen LogP contribution is -2.46. The second-order valence-corrected chi connectivity index (χ2v) is 6.94. The van der Waals surface area contributed by atoms with Crippen LogP contribution < -0.4 is 10.6 Å². The van der Waals surface area contributed by atoms with Gasteiger partial charge in [0, 0.05) is 24.4 Å². The molecule has 3 rings (SSSR count). The Balaban J connectivity index is 1.93. The second-order valence-electron chi connectivity index (χ2n) is 6.55. The van der Waals surface area contributed by atoms with Crippen molar-refractivity contribution in [2.24, 2.45) is 5.92 Å². The van der Waals surface area contributed by atoms with Crippen LogP contribution in [-0.4, -0.2) is 35.5 Å². The molecule has 26 heavy (non-hydrogen) atoms. The highest BCUT2D eigenvalue weighted by Crippen LogP contribution is 2.33. The van der Waals surface area contributed by atoms with Crippen molar-refractivity contribution in [1.82, 2.24) is 10.2 Å². The summed E-state index contributed by atoms with van der Waals surface area (Å²) in [5, 5.41) is 6.68. The number of amides is 1. The highest BCUT2D eigenvalue weighted by atomic mass is 32.1. The van der Waals surface area contributed by atoms with Gasteiger partial charge in [0.25, 0.3) is 0 Å². The Morgan fingerprint density at radius 1 is 1.38 bits per heavy atom. The number of anilines is 1. The number of hydrogen-bond acceptors (Lipinski definition) is 4. The van der Waals surface area contributed by atoms with Gasteiger partial charge < -0.3 is 20.3 Å². The molecule has 0 spiro atoms. The van der Waals surface area contributed by atoms with E-state index < -0.39 is 6.04 Å². The second kappa shape index (κ2) is 7.45. The fraction of sp³-hybridized carbons (Fsp3) is 0.421.